The second-order valence-electron chi connectivity index (χ2n) is 15.2. The van der Waals surface area contributed by atoms with Crippen LogP contribution in [0.4, 0.5) is 0 Å². The van der Waals surface area contributed by atoms with E-state index in [4.69, 9.17) is 11.0 Å². The molecule has 0 unspecified atom stereocenters. The Labute approximate surface area is 332 Å². The molecular formula is C55H50O. The molecule has 0 bridgehead atoms. The van der Waals surface area contributed by atoms with E-state index in [1.807, 2.05) is 36.4 Å². The van der Waals surface area contributed by atoms with E-state index in [1.165, 1.54) is 11.1 Å². The fourth-order valence-electron chi connectivity index (χ4n) is 8.40. The Hall–Kier alpha value is -6.44. The SMILES string of the molecule is C=C/C=C\C(=C)C1=C(C=C)/C(C=C)=C(/C(C)=c2\cccc\c2=C(\C)C(=C)/C=C2\C(=C)C(C)(C)c3c2ccc2ccc4c5ccccc5oc4c32)\C=C\CCC=C1. The van der Waals surface area contributed by atoms with Crippen molar-refractivity contribution in [2.75, 3.05) is 0 Å². The summed E-state index contributed by atoms with van der Waals surface area (Å²) in [5.41, 5.74) is 14.3. The Morgan fingerprint density at radius 1 is 0.750 bits per heavy atom. The molecule has 0 amide bonds. The summed E-state index contributed by atoms with van der Waals surface area (Å²) >= 11 is 0. The number of para-hydroxylation sites is 1. The first kappa shape index (κ1) is 37.9. The zero-order valence-electron chi connectivity index (χ0n) is 33.3. The molecule has 0 atom stereocenters. The summed E-state index contributed by atoms with van der Waals surface area (Å²) in [6.45, 7) is 35.1. The van der Waals surface area contributed by atoms with Gasteiger partial charge in [-0.15, -0.1) is 0 Å². The van der Waals surface area contributed by atoms with Crippen molar-refractivity contribution in [1.82, 2.24) is 0 Å². The second-order valence-corrected chi connectivity index (χ2v) is 15.2. The van der Waals surface area contributed by atoms with Gasteiger partial charge in [0, 0.05) is 21.6 Å². The first-order valence-electron chi connectivity index (χ1n) is 19.3. The highest BCUT2D eigenvalue weighted by molar-refractivity contribution is 6.18. The molecule has 56 heavy (non-hydrogen) atoms. The van der Waals surface area contributed by atoms with Gasteiger partial charge in [-0.05, 0) is 128 Å². The van der Waals surface area contributed by atoms with Crippen molar-refractivity contribution in [2.24, 2.45) is 0 Å². The van der Waals surface area contributed by atoms with E-state index in [9.17, 15) is 0 Å². The molecule has 1 heteroatoms. The van der Waals surface area contributed by atoms with Gasteiger partial charge in [-0.1, -0.05) is 169 Å². The third-order valence-electron chi connectivity index (χ3n) is 11.6. The van der Waals surface area contributed by atoms with Crippen LogP contribution in [-0.2, 0) is 5.41 Å². The maximum Gasteiger partial charge on any atom is 0.143 e. The highest BCUT2D eigenvalue weighted by atomic mass is 16.3. The number of furan rings is 1. The van der Waals surface area contributed by atoms with Crippen LogP contribution in [0.2, 0.25) is 0 Å². The summed E-state index contributed by atoms with van der Waals surface area (Å²) < 4.78 is 6.60. The zero-order chi connectivity index (χ0) is 39.7. The van der Waals surface area contributed by atoms with Gasteiger partial charge >= 0.3 is 0 Å². The number of rotatable bonds is 8. The van der Waals surface area contributed by atoms with Crippen LogP contribution in [0, 0.1) is 0 Å². The van der Waals surface area contributed by atoms with Crippen molar-refractivity contribution >= 4 is 49.4 Å². The number of hydrogen-bond donors (Lipinski definition) is 0. The maximum absolute atomic E-state index is 6.60. The standard InChI is InChI=1S/C55H50O/c1-11-14-23-35(4)43-24-17-15-16-18-25-45(42(13-3)41(43)12-2)38(7)46-27-20-19-26-44(46)37(6)36(5)34-50-39(8)55(9,10)53-48(50)32-30-40-31-33-49-47-28-21-22-29-51(47)56-54(49)52(40)53/h11-14,17-34H,1-5,8,15-16H2,6-7,9-10H3/b23-14-,24-17?,25-18+,43-41?,44-37+,45-42+,46-38+,50-34+. The van der Waals surface area contributed by atoms with Gasteiger partial charge in [0.1, 0.15) is 11.2 Å². The monoisotopic (exact) mass is 726 g/mol. The Morgan fingerprint density at radius 3 is 2.11 bits per heavy atom. The summed E-state index contributed by atoms with van der Waals surface area (Å²) in [6, 6.07) is 25.8. The molecule has 276 valence electrons. The predicted molar refractivity (Wildman–Crippen MR) is 245 cm³/mol. The van der Waals surface area contributed by atoms with E-state index in [0.717, 1.165) is 112 Å². The lowest BCUT2D eigenvalue weighted by atomic mass is 9.80. The summed E-state index contributed by atoms with van der Waals surface area (Å²) in [7, 11) is 0. The lowest BCUT2D eigenvalue weighted by molar-refractivity contribution is 0.658. The fraction of sp³-hybridized carbons (Fsp3) is 0.127. The number of benzene rings is 4. The van der Waals surface area contributed by atoms with E-state index in [2.05, 4.69) is 152 Å². The molecule has 0 aliphatic heterocycles. The Morgan fingerprint density at radius 2 is 1.39 bits per heavy atom. The highest BCUT2D eigenvalue weighted by Crippen LogP contribution is 2.53. The molecule has 5 aromatic rings. The molecule has 0 radical (unpaired) electrons. The number of fused-ring (bicyclic) bond motifs is 7. The summed E-state index contributed by atoms with van der Waals surface area (Å²) in [4.78, 5) is 0. The van der Waals surface area contributed by atoms with Gasteiger partial charge in [0.15, 0.2) is 0 Å². The van der Waals surface area contributed by atoms with Crippen molar-refractivity contribution in [3.63, 3.8) is 0 Å². The molecule has 0 N–H and O–H groups in total. The van der Waals surface area contributed by atoms with Gasteiger partial charge in [-0.2, -0.15) is 0 Å². The topological polar surface area (TPSA) is 13.1 Å². The van der Waals surface area contributed by atoms with Crippen molar-refractivity contribution < 1.29 is 4.42 Å². The van der Waals surface area contributed by atoms with Crippen LogP contribution in [0.25, 0.3) is 49.4 Å². The van der Waals surface area contributed by atoms with E-state index < -0.39 is 0 Å². The molecule has 0 fully saturated rings. The van der Waals surface area contributed by atoms with Crippen molar-refractivity contribution in [3.8, 4) is 0 Å². The molecule has 1 nitrogen and oxygen atoms in total. The summed E-state index contributed by atoms with van der Waals surface area (Å²) in [6.07, 6.45) is 22.4. The van der Waals surface area contributed by atoms with Crippen LogP contribution in [0.1, 0.15) is 51.7 Å². The Bertz CT molecular complexity index is 2870. The Balaban J connectivity index is 1.43. The minimum atomic E-state index is -0.322. The van der Waals surface area contributed by atoms with Crippen LogP contribution in [0.5, 0.6) is 0 Å². The van der Waals surface area contributed by atoms with Gasteiger partial charge in [0.25, 0.3) is 0 Å². The van der Waals surface area contributed by atoms with Crippen molar-refractivity contribution in [2.45, 2.75) is 46.0 Å². The second kappa shape index (κ2) is 15.4. The van der Waals surface area contributed by atoms with Crippen LogP contribution >= 0.6 is 0 Å². The number of hydrogen-bond acceptors (Lipinski definition) is 1. The smallest absolute Gasteiger partial charge is 0.143 e. The molecule has 2 aliphatic carbocycles. The molecule has 0 saturated carbocycles. The van der Waals surface area contributed by atoms with Crippen molar-refractivity contribution in [3.05, 3.63) is 234 Å². The van der Waals surface area contributed by atoms with Crippen LogP contribution < -0.4 is 10.4 Å². The lowest BCUT2D eigenvalue weighted by Gasteiger charge is -2.22. The Kier molecular flexibility index (Phi) is 10.4. The maximum atomic E-state index is 6.60. The molecule has 2 aliphatic rings. The van der Waals surface area contributed by atoms with Gasteiger partial charge in [0.05, 0.1) is 0 Å². The number of allylic oxidation sites excluding steroid dienone is 18. The van der Waals surface area contributed by atoms with Crippen LogP contribution in [-0.4, -0.2) is 0 Å². The van der Waals surface area contributed by atoms with E-state index >= 15 is 0 Å². The van der Waals surface area contributed by atoms with E-state index in [1.54, 1.807) is 6.08 Å². The minimum absolute atomic E-state index is 0.322. The lowest BCUT2D eigenvalue weighted by Crippen LogP contribution is -2.29. The van der Waals surface area contributed by atoms with Gasteiger partial charge in [-0.3, -0.25) is 0 Å². The molecule has 0 spiro atoms. The first-order valence-corrected chi connectivity index (χ1v) is 19.3. The molecule has 4 aromatic carbocycles. The molecule has 1 aromatic heterocycles. The third kappa shape index (κ3) is 6.44. The average molecular weight is 727 g/mol. The quantitative estimate of drug-likeness (QED) is 0.145. The van der Waals surface area contributed by atoms with Gasteiger partial charge < -0.3 is 4.42 Å². The molecule has 1 heterocycles. The fourth-order valence-corrected chi connectivity index (χ4v) is 8.40. The highest BCUT2D eigenvalue weighted by Gasteiger charge is 2.39. The normalized spacial score (nSPS) is 19.4. The molecular weight excluding hydrogens is 677 g/mol. The van der Waals surface area contributed by atoms with Crippen LogP contribution in [0.15, 0.2) is 216 Å². The largest absolute Gasteiger partial charge is 0.455 e. The molecule has 7 rings (SSSR count). The van der Waals surface area contributed by atoms with Crippen LogP contribution in [0.3, 0.4) is 0 Å². The molecule has 0 saturated heterocycles. The van der Waals surface area contributed by atoms with Gasteiger partial charge in [-0.25, -0.2) is 0 Å². The predicted octanol–water partition coefficient (Wildman–Crippen LogP) is 13.7. The third-order valence-corrected chi connectivity index (χ3v) is 11.6. The van der Waals surface area contributed by atoms with Crippen molar-refractivity contribution in [1.29, 1.82) is 0 Å². The van der Waals surface area contributed by atoms with E-state index in [0.29, 0.717) is 0 Å². The summed E-state index contributed by atoms with van der Waals surface area (Å²) in [5, 5.41) is 6.85. The zero-order valence-corrected chi connectivity index (χ0v) is 33.3. The average Bonchev–Trinajstić information content (AvgIpc) is 3.69. The summed E-state index contributed by atoms with van der Waals surface area (Å²) in [5.74, 6) is 0. The van der Waals surface area contributed by atoms with E-state index in [-0.39, 0.29) is 5.41 Å². The van der Waals surface area contributed by atoms with Gasteiger partial charge in [0.2, 0.25) is 0 Å². The first-order chi connectivity index (χ1) is 27.0. The minimum Gasteiger partial charge on any atom is -0.455 e.